The number of rotatable bonds is 5. The Morgan fingerprint density at radius 2 is 2.09 bits per heavy atom. The number of nitrogens with zero attached hydrogens (tertiary/aromatic N) is 1. The highest BCUT2D eigenvalue weighted by atomic mass is 16.5. The summed E-state index contributed by atoms with van der Waals surface area (Å²) in [4.78, 5) is 11.8. The lowest BCUT2D eigenvalue weighted by Gasteiger charge is -2.12. The number of carbonyl (C=O) groups is 1. The summed E-state index contributed by atoms with van der Waals surface area (Å²) >= 11 is 0. The van der Waals surface area contributed by atoms with Crippen molar-refractivity contribution in [3.63, 3.8) is 0 Å². The second-order valence-electron chi connectivity index (χ2n) is 4.80. The van der Waals surface area contributed by atoms with Crippen LogP contribution in [0.5, 0.6) is 5.75 Å². The summed E-state index contributed by atoms with van der Waals surface area (Å²) in [7, 11) is 1.51. The van der Waals surface area contributed by atoms with Crippen molar-refractivity contribution in [2.45, 2.75) is 13.3 Å². The number of hydrogen-bond acceptors (Lipinski definition) is 3. The van der Waals surface area contributed by atoms with E-state index in [-0.39, 0.29) is 5.57 Å². The number of likely N-dealkylation sites (N-methyl/N-ethyl adjacent to an activating group) is 1. The van der Waals surface area contributed by atoms with Crippen LogP contribution in [0.3, 0.4) is 0 Å². The SMILES string of the molecule is CCCOc1ccc2ccccc2c1/C=C(/C#N)C(=O)NC. The molecule has 2 rings (SSSR count). The topological polar surface area (TPSA) is 62.1 Å². The molecule has 1 N–H and O–H groups in total. The van der Waals surface area contributed by atoms with Gasteiger partial charge in [-0.1, -0.05) is 37.3 Å². The molecule has 0 heterocycles. The highest BCUT2D eigenvalue weighted by Gasteiger charge is 2.12. The van der Waals surface area contributed by atoms with Crippen molar-refractivity contribution >= 4 is 22.8 Å². The van der Waals surface area contributed by atoms with E-state index in [1.54, 1.807) is 6.08 Å². The Morgan fingerprint density at radius 3 is 2.77 bits per heavy atom. The van der Waals surface area contributed by atoms with E-state index in [0.717, 1.165) is 22.8 Å². The Balaban J connectivity index is 2.64. The summed E-state index contributed by atoms with van der Waals surface area (Å²) in [6.45, 7) is 2.61. The Kier molecular flexibility index (Phi) is 5.16. The van der Waals surface area contributed by atoms with Crippen LogP contribution < -0.4 is 10.1 Å². The fourth-order valence-electron chi connectivity index (χ4n) is 2.19. The van der Waals surface area contributed by atoms with E-state index in [2.05, 4.69) is 5.32 Å². The van der Waals surface area contributed by atoms with Gasteiger partial charge in [0.1, 0.15) is 17.4 Å². The third-order valence-electron chi connectivity index (χ3n) is 3.27. The molecule has 0 spiro atoms. The first-order valence-corrected chi connectivity index (χ1v) is 7.19. The van der Waals surface area contributed by atoms with Crippen LogP contribution in [0.2, 0.25) is 0 Å². The van der Waals surface area contributed by atoms with Crippen LogP contribution in [-0.2, 0) is 4.79 Å². The maximum atomic E-state index is 11.8. The lowest BCUT2D eigenvalue weighted by Crippen LogP contribution is -2.19. The largest absolute Gasteiger partial charge is 0.493 e. The molecule has 2 aromatic carbocycles. The minimum Gasteiger partial charge on any atom is -0.493 e. The smallest absolute Gasteiger partial charge is 0.261 e. The molecule has 0 aromatic heterocycles. The van der Waals surface area contributed by atoms with Crippen LogP contribution in [0.1, 0.15) is 18.9 Å². The molecule has 2 aromatic rings. The van der Waals surface area contributed by atoms with E-state index in [4.69, 9.17) is 4.74 Å². The van der Waals surface area contributed by atoms with Gasteiger partial charge in [0.25, 0.3) is 5.91 Å². The van der Waals surface area contributed by atoms with Gasteiger partial charge in [-0.15, -0.1) is 0 Å². The molecule has 0 radical (unpaired) electrons. The van der Waals surface area contributed by atoms with Crippen LogP contribution in [-0.4, -0.2) is 19.6 Å². The number of nitrogens with one attached hydrogen (secondary N) is 1. The van der Waals surface area contributed by atoms with Crippen molar-refractivity contribution in [1.82, 2.24) is 5.32 Å². The number of benzene rings is 2. The van der Waals surface area contributed by atoms with Gasteiger partial charge in [0.2, 0.25) is 0 Å². The highest BCUT2D eigenvalue weighted by molar-refractivity contribution is 6.04. The fourth-order valence-corrected chi connectivity index (χ4v) is 2.19. The van der Waals surface area contributed by atoms with Gasteiger partial charge in [-0.05, 0) is 29.3 Å². The van der Waals surface area contributed by atoms with Crippen LogP contribution >= 0.6 is 0 Å². The van der Waals surface area contributed by atoms with Gasteiger partial charge in [0, 0.05) is 12.6 Å². The summed E-state index contributed by atoms with van der Waals surface area (Å²) in [5.74, 6) is 0.272. The Bertz CT molecular complexity index is 757. The predicted molar refractivity (Wildman–Crippen MR) is 87.4 cm³/mol. The summed E-state index contributed by atoms with van der Waals surface area (Å²) in [5, 5.41) is 13.7. The van der Waals surface area contributed by atoms with Crippen LogP contribution in [0.25, 0.3) is 16.8 Å². The van der Waals surface area contributed by atoms with E-state index < -0.39 is 5.91 Å². The maximum absolute atomic E-state index is 11.8. The average molecular weight is 294 g/mol. The van der Waals surface area contributed by atoms with Crippen LogP contribution in [0, 0.1) is 11.3 Å². The standard InChI is InChI=1S/C18H18N2O2/c1-3-10-22-17-9-8-13-6-4-5-7-15(13)16(17)11-14(12-19)18(21)20-2/h4-9,11H,3,10H2,1-2H3,(H,20,21)/b14-11-. The van der Waals surface area contributed by atoms with Gasteiger partial charge in [0.15, 0.2) is 0 Å². The number of fused-ring (bicyclic) bond motifs is 1. The molecule has 4 heteroatoms. The zero-order chi connectivity index (χ0) is 15.9. The number of amides is 1. The maximum Gasteiger partial charge on any atom is 0.261 e. The first-order chi connectivity index (χ1) is 10.7. The summed E-state index contributed by atoms with van der Waals surface area (Å²) in [6, 6.07) is 13.6. The van der Waals surface area contributed by atoms with Gasteiger partial charge in [-0.2, -0.15) is 5.26 Å². The first-order valence-electron chi connectivity index (χ1n) is 7.19. The van der Waals surface area contributed by atoms with E-state index in [1.807, 2.05) is 49.4 Å². The third kappa shape index (κ3) is 3.26. The first kappa shape index (κ1) is 15.6. The number of hydrogen-bond donors (Lipinski definition) is 1. The second kappa shape index (κ2) is 7.28. The quantitative estimate of drug-likeness (QED) is 0.680. The van der Waals surface area contributed by atoms with Gasteiger partial charge in [0.05, 0.1) is 6.61 Å². The third-order valence-corrected chi connectivity index (χ3v) is 3.27. The summed E-state index contributed by atoms with van der Waals surface area (Å²) in [6.07, 6.45) is 2.47. The van der Waals surface area contributed by atoms with Crippen molar-refractivity contribution in [1.29, 1.82) is 5.26 Å². The summed E-state index contributed by atoms with van der Waals surface area (Å²) < 4.78 is 5.77. The van der Waals surface area contributed by atoms with Crippen molar-refractivity contribution in [2.75, 3.05) is 13.7 Å². The zero-order valence-corrected chi connectivity index (χ0v) is 12.7. The van der Waals surface area contributed by atoms with E-state index in [1.165, 1.54) is 7.05 Å². The van der Waals surface area contributed by atoms with Gasteiger partial charge < -0.3 is 10.1 Å². The number of ether oxygens (including phenoxy) is 1. The monoisotopic (exact) mass is 294 g/mol. The van der Waals surface area contributed by atoms with E-state index in [0.29, 0.717) is 12.4 Å². The molecule has 1 amide bonds. The second-order valence-corrected chi connectivity index (χ2v) is 4.80. The molecule has 0 saturated carbocycles. The molecule has 0 aliphatic heterocycles. The fraction of sp³-hybridized carbons (Fsp3) is 0.222. The van der Waals surface area contributed by atoms with Crippen LogP contribution in [0.15, 0.2) is 42.0 Å². The average Bonchev–Trinajstić information content (AvgIpc) is 2.57. The molecule has 0 unspecified atom stereocenters. The lowest BCUT2D eigenvalue weighted by atomic mass is 10.0. The van der Waals surface area contributed by atoms with Crippen molar-refractivity contribution < 1.29 is 9.53 Å². The molecule has 0 aliphatic carbocycles. The minimum absolute atomic E-state index is 0.0557. The molecule has 0 saturated heterocycles. The van der Waals surface area contributed by atoms with E-state index >= 15 is 0 Å². The molecular formula is C18H18N2O2. The van der Waals surface area contributed by atoms with Gasteiger partial charge >= 0.3 is 0 Å². The van der Waals surface area contributed by atoms with E-state index in [9.17, 15) is 10.1 Å². The van der Waals surface area contributed by atoms with Crippen molar-refractivity contribution in [3.05, 3.63) is 47.5 Å². The molecular weight excluding hydrogens is 276 g/mol. The Morgan fingerprint density at radius 1 is 1.32 bits per heavy atom. The molecule has 0 aliphatic rings. The van der Waals surface area contributed by atoms with Crippen molar-refractivity contribution in [2.24, 2.45) is 0 Å². The highest BCUT2D eigenvalue weighted by Crippen LogP contribution is 2.30. The number of nitriles is 1. The summed E-state index contributed by atoms with van der Waals surface area (Å²) in [5.41, 5.74) is 0.812. The zero-order valence-electron chi connectivity index (χ0n) is 12.7. The van der Waals surface area contributed by atoms with Crippen molar-refractivity contribution in [3.8, 4) is 11.8 Å². The molecule has 112 valence electrons. The Labute approximate surface area is 130 Å². The molecule has 0 atom stereocenters. The number of carbonyl (C=O) groups excluding carboxylic acids is 1. The van der Waals surface area contributed by atoms with Gasteiger partial charge in [-0.3, -0.25) is 4.79 Å². The Hall–Kier alpha value is -2.80. The minimum atomic E-state index is -0.406. The normalized spacial score (nSPS) is 11.0. The van der Waals surface area contributed by atoms with Gasteiger partial charge in [-0.25, -0.2) is 0 Å². The predicted octanol–water partition coefficient (Wildman–Crippen LogP) is 3.28. The molecule has 0 fully saturated rings. The molecule has 22 heavy (non-hydrogen) atoms. The lowest BCUT2D eigenvalue weighted by molar-refractivity contribution is -0.116. The molecule has 0 bridgehead atoms. The van der Waals surface area contributed by atoms with Crippen LogP contribution in [0.4, 0.5) is 0 Å². The molecule has 4 nitrogen and oxygen atoms in total.